The largest absolute Gasteiger partial charge is 0.478 e. The monoisotopic (exact) mass is 481 g/mol. The second kappa shape index (κ2) is 11.0. The van der Waals surface area contributed by atoms with E-state index in [0.717, 1.165) is 5.56 Å². The average molecular weight is 482 g/mol. The summed E-state index contributed by atoms with van der Waals surface area (Å²) in [6.45, 7) is -0.0673. The van der Waals surface area contributed by atoms with Gasteiger partial charge in [-0.1, -0.05) is 30.3 Å². The molecule has 1 saturated carbocycles. The number of halogens is 1. The van der Waals surface area contributed by atoms with E-state index in [4.69, 9.17) is 10.8 Å². The van der Waals surface area contributed by atoms with E-state index in [0.29, 0.717) is 44.3 Å². The zero-order valence-electron chi connectivity index (χ0n) is 19.6. The van der Waals surface area contributed by atoms with Crippen molar-refractivity contribution in [2.75, 3.05) is 18.5 Å². The number of alkyl halides is 1. The number of amides is 2. The molecule has 8 heteroatoms. The number of nitrogens with zero attached hydrogens (tertiary/aromatic N) is 1. The molecule has 1 aliphatic carbocycles. The first kappa shape index (κ1) is 24.9. The Hall–Kier alpha value is -3.26. The molecule has 1 heterocycles. The molecule has 2 amide bonds. The first-order valence-electron chi connectivity index (χ1n) is 12.2. The molecule has 4 N–H and O–H groups in total. The van der Waals surface area contributed by atoms with Crippen LogP contribution in [0.3, 0.4) is 0 Å². The quantitative estimate of drug-likeness (QED) is 0.557. The first-order chi connectivity index (χ1) is 16.9. The molecule has 0 bridgehead atoms. The van der Waals surface area contributed by atoms with Crippen LogP contribution in [0, 0.1) is 11.8 Å². The van der Waals surface area contributed by atoms with Gasteiger partial charge in [0, 0.05) is 30.1 Å². The Bertz CT molecular complexity index is 1040. The molecule has 2 fully saturated rings. The molecule has 1 saturated heterocycles. The molecule has 35 heavy (non-hydrogen) atoms. The molecule has 0 radical (unpaired) electrons. The van der Waals surface area contributed by atoms with E-state index in [1.165, 1.54) is 12.1 Å². The Morgan fingerprint density at radius 1 is 1.00 bits per heavy atom. The van der Waals surface area contributed by atoms with Crippen molar-refractivity contribution in [3.8, 4) is 0 Å². The van der Waals surface area contributed by atoms with Crippen molar-refractivity contribution in [1.82, 2.24) is 4.90 Å². The number of benzene rings is 2. The number of likely N-dealkylation sites (tertiary alicyclic amines) is 1. The van der Waals surface area contributed by atoms with Crippen LogP contribution >= 0.6 is 0 Å². The van der Waals surface area contributed by atoms with Crippen molar-refractivity contribution in [2.45, 2.75) is 50.1 Å². The number of hydrogen-bond acceptors (Lipinski definition) is 4. The van der Waals surface area contributed by atoms with Crippen LogP contribution in [0.25, 0.3) is 0 Å². The number of nitrogens with one attached hydrogen (secondary N) is 1. The van der Waals surface area contributed by atoms with Crippen LogP contribution in [0.1, 0.15) is 53.9 Å². The number of hydrogen-bond donors (Lipinski definition) is 3. The lowest BCUT2D eigenvalue weighted by Gasteiger charge is -2.35. The van der Waals surface area contributed by atoms with Crippen molar-refractivity contribution in [3.05, 3.63) is 65.7 Å². The van der Waals surface area contributed by atoms with Gasteiger partial charge in [-0.3, -0.25) is 9.59 Å². The minimum atomic E-state index is -1.04. The van der Waals surface area contributed by atoms with Crippen LogP contribution in [0.4, 0.5) is 10.1 Å². The molecule has 1 aliphatic heterocycles. The molecule has 0 aromatic heterocycles. The number of carbonyl (C=O) groups excluding carboxylic acids is 2. The number of carboxylic acid groups (broad SMARTS) is 1. The van der Waals surface area contributed by atoms with Crippen LogP contribution in [0.2, 0.25) is 0 Å². The van der Waals surface area contributed by atoms with Gasteiger partial charge >= 0.3 is 5.97 Å². The highest BCUT2D eigenvalue weighted by atomic mass is 19.1. The predicted molar refractivity (Wildman–Crippen MR) is 131 cm³/mol. The van der Waals surface area contributed by atoms with Crippen LogP contribution in [-0.4, -0.2) is 53.1 Å². The van der Waals surface area contributed by atoms with Gasteiger partial charge in [0.15, 0.2) is 0 Å². The molecular formula is C27H32FN3O4. The fourth-order valence-corrected chi connectivity index (χ4v) is 5.48. The van der Waals surface area contributed by atoms with Crippen molar-refractivity contribution in [2.24, 2.45) is 17.6 Å². The van der Waals surface area contributed by atoms with E-state index in [1.54, 1.807) is 17.0 Å². The summed E-state index contributed by atoms with van der Waals surface area (Å²) in [5.74, 6) is -1.61. The SMILES string of the molecule is NC(CF)C1CCC(C(=O)N2CCC(c3ccccc3)[C@H]2C(=O)Nc2ccc(C(=O)O)cc2)CC1. The Morgan fingerprint density at radius 2 is 1.66 bits per heavy atom. The van der Waals surface area contributed by atoms with Crippen LogP contribution in [0.5, 0.6) is 0 Å². The standard InChI is InChI=1S/C27H32FN3O4/c28-16-23(29)18-6-8-19(9-7-18)26(33)31-15-14-22(17-4-2-1-3-5-17)24(31)25(32)30-21-12-10-20(11-13-21)27(34)35/h1-5,10-13,18-19,22-24H,6-9,14-16,29H2,(H,30,32)(H,34,35)/t18?,19?,22?,23?,24-/m0/s1. The third-order valence-electron chi connectivity index (χ3n) is 7.48. The van der Waals surface area contributed by atoms with Gasteiger partial charge in [-0.25, -0.2) is 9.18 Å². The van der Waals surface area contributed by atoms with Crippen molar-refractivity contribution >= 4 is 23.5 Å². The smallest absolute Gasteiger partial charge is 0.335 e. The van der Waals surface area contributed by atoms with Gasteiger partial charge in [-0.2, -0.15) is 0 Å². The van der Waals surface area contributed by atoms with Crippen molar-refractivity contribution in [3.63, 3.8) is 0 Å². The molecule has 2 aromatic carbocycles. The van der Waals surface area contributed by atoms with Gasteiger partial charge in [0.05, 0.1) is 5.56 Å². The average Bonchev–Trinajstić information content (AvgIpc) is 3.34. The van der Waals surface area contributed by atoms with E-state index in [1.807, 2.05) is 30.3 Å². The molecule has 4 rings (SSSR count). The van der Waals surface area contributed by atoms with Crippen molar-refractivity contribution < 1.29 is 23.9 Å². The van der Waals surface area contributed by atoms with Gasteiger partial charge < -0.3 is 21.1 Å². The minimum Gasteiger partial charge on any atom is -0.478 e. The molecule has 2 aliphatic rings. The summed E-state index contributed by atoms with van der Waals surface area (Å²) in [6.07, 6.45) is 3.39. The first-order valence-corrected chi connectivity index (χ1v) is 12.2. The Labute approximate surface area is 204 Å². The zero-order chi connectivity index (χ0) is 24.9. The number of anilines is 1. The molecule has 7 nitrogen and oxygen atoms in total. The normalized spacial score (nSPS) is 25.1. The number of aromatic carboxylic acids is 1. The van der Waals surface area contributed by atoms with Gasteiger partial charge in [0.1, 0.15) is 12.7 Å². The highest BCUT2D eigenvalue weighted by Crippen LogP contribution is 2.38. The summed E-state index contributed by atoms with van der Waals surface area (Å²) in [4.78, 5) is 39.9. The Kier molecular flexibility index (Phi) is 7.80. The van der Waals surface area contributed by atoms with Gasteiger partial charge in [0.2, 0.25) is 11.8 Å². The Morgan fingerprint density at radius 3 is 2.26 bits per heavy atom. The maximum atomic E-state index is 13.6. The van der Waals surface area contributed by atoms with E-state index >= 15 is 0 Å². The number of nitrogens with two attached hydrogens (primary N) is 1. The third kappa shape index (κ3) is 5.53. The van der Waals surface area contributed by atoms with Gasteiger partial charge in [-0.05, 0) is 67.9 Å². The summed E-state index contributed by atoms with van der Waals surface area (Å²) in [5, 5.41) is 12.0. The lowest BCUT2D eigenvalue weighted by Crippen LogP contribution is -2.48. The highest BCUT2D eigenvalue weighted by molar-refractivity contribution is 5.99. The zero-order valence-corrected chi connectivity index (χ0v) is 19.6. The van der Waals surface area contributed by atoms with E-state index in [9.17, 15) is 18.8 Å². The molecule has 0 spiro atoms. The summed E-state index contributed by atoms with van der Waals surface area (Å²) in [5.41, 5.74) is 7.49. The number of carbonyl (C=O) groups is 3. The number of rotatable bonds is 7. The topological polar surface area (TPSA) is 113 Å². The fourth-order valence-electron chi connectivity index (χ4n) is 5.48. The lowest BCUT2D eigenvalue weighted by molar-refractivity contribution is -0.141. The maximum absolute atomic E-state index is 13.6. The second-order valence-electron chi connectivity index (χ2n) is 9.58. The summed E-state index contributed by atoms with van der Waals surface area (Å²) in [7, 11) is 0. The van der Waals surface area contributed by atoms with Crippen LogP contribution < -0.4 is 11.1 Å². The second-order valence-corrected chi connectivity index (χ2v) is 9.58. The molecule has 2 unspecified atom stereocenters. The van der Waals surface area contributed by atoms with E-state index in [-0.39, 0.29) is 35.1 Å². The van der Waals surface area contributed by atoms with Gasteiger partial charge in [0.25, 0.3) is 0 Å². The summed E-state index contributed by atoms with van der Waals surface area (Å²) in [6, 6.07) is 14.5. The predicted octanol–water partition coefficient (Wildman–Crippen LogP) is 3.81. The Balaban J connectivity index is 1.52. The number of carboxylic acids is 1. The molecule has 2 aromatic rings. The van der Waals surface area contributed by atoms with Gasteiger partial charge in [-0.15, -0.1) is 0 Å². The minimum absolute atomic E-state index is 0.0305. The van der Waals surface area contributed by atoms with E-state index in [2.05, 4.69) is 5.32 Å². The van der Waals surface area contributed by atoms with E-state index < -0.39 is 24.7 Å². The summed E-state index contributed by atoms with van der Waals surface area (Å²) >= 11 is 0. The molecular weight excluding hydrogens is 449 g/mol. The highest BCUT2D eigenvalue weighted by Gasteiger charge is 2.44. The molecule has 3 atom stereocenters. The summed E-state index contributed by atoms with van der Waals surface area (Å²) < 4.78 is 13.0. The fraction of sp³-hybridized carbons (Fsp3) is 0.444. The molecule has 186 valence electrons. The van der Waals surface area contributed by atoms with Crippen LogP contribution in [-0.2, 0) is 9.59 Å². The van der Waals surface area contributed by atoms with Crippen molar-refractivity contribution in [1.29, 1.82) is 0 Å². The van der Waals surface area contributed by atoms with Crippen LogP contribution in [0.15, 0.2) is 54.6 Å². The maximum Gasteiger partial charge on any atom is 0.335 e. The lowest BCUT2D eigenvalue weighted by atomic mass is 9.78. The third-order valence-corrected chi connectivity index (χ3v) is 7.48.